The van der Waals surface area contributed by atoms with Gasteiger partial charge in [0.15, 0.2) is 6.29 Å². The van der Waals surface area contributed by atoms with Gasteiger partial charge in [-0.2, -0.15) is 5.10 Å². The molecule has 0 aromatic carbocycles. The summed E-state index contributed by atoms with van der Waals surface area (Å²) in [5.41, 5.74) is 1.17. The first-order valence-electron chi connectivity index (χ1n) is 3.92. The van der Waals surface area contributed by atoms with E-state index >= 15 is 0 Å². The van der Waals surface area contributed by atoms with Crippen LogP contribution in [0.2, 0.25) is 0 Å². The van der Waals surface area contributed by atoms with E-state index in [4.69, 9.17) is 5.41 Å². The molecule has 0 aliphatic carbocycles. The molecule has 0 aliphatic rings. The molecule has 1 rings (SSSR count). The minimum Gasteiger partial charge on any atom is -0.298 e. The molecule has 0 radical (unpaired) electrons. The van der Waals surface area contributed by atoms with Crippen LogP contribution < -0.4 is 0 Å². The van der Waals surface area contributed by atoms with Crippen LogP contribution in [0.3, 0.4) is 0 Å². The van der Waals surface area contributed by atoms with Crippen molar-refractivity contribution in [1.29, 1.82) is 5.41 Å². The molecule has 0 saturated heterocycles. The van der Waals surface area contributed by atoms with Crippen molar-refractivity contribution in [2.24, 2.45) is 0 Å². The Morgan fingerprint density at radius 2 is 2.38 bits per heavy atom. The summed E-state index contributed by atoms with van der Waals surface area (Å²) in [4.78, 5) is 10.5. The number of aromatic nitrogens is 2. The molecule has 0 spiro atoms. The lowest BCUT2D eigenvalue weighted by molar-refractivity contribution is 0.112. The molecule has 0 bridgehead atoms. The van der Waals surface area contributed by atoms with E-state index in [1.165, 1.54) is 4.68 Å². The van der Waals surface area contributed by atoms with Crippen LogP contribution in [-0.2, 0) is 0 Å². The molecule has 1 aromatic rings. The number of carbonyl (C=O) groups is 1. The average Bonchev–Trinajstić information content (AvgIpc) is 2.47. The van der Waals surface area contributed by atoms with Crippen molar-refractivity contribution in [3.05, 3.63) is 29.6 Å². The van der Waals surface area contributed by atoms with Crippen LogP contribution in [0.25, 0.3) is 0 Å². The summed E-state index contributed by atoms with van der Waals surface area (Å²) in [6.07, 6.45) is 5.65. The molecule has 1 aromatic heterocycles. The Labute approximate surface area is 76.4 Å². The number of rotatable bonds is 2. The van der Waals surface area contributed by atoms with E-state index in [9.17, 15) is 4.79 Å². The first-order chi connectivity index (χ1) is 6.19. The van der Waals surface area contributed by atoms with Crippen LogP contribution in [0.15, 0.2) is 18.3 Å². The molecule has 1 N–H and O–H groups in total. The van der Waals surface area contributed by atoms with Gasteiger partial charge in [-0.3, -0.25) is 10.2 Å². The van der Waals surface area contributed by atoms with Gasteiger partial charge in [0.05, 0.1) is 11.3 Å². The first-order valence-corrected chi connectivity index (χ1v) is 3.92. The molecule has 0 atom stereocenters. The van der Waals surface area contributed by atoms with Gasteiger partial charge in [-0.1, -0.05) is 6.08 Å². The highest BCUT2D eigenvalue weighted by Crippen LogP contribution is 2.01. The van der Waals surface area contributed by atoms with Crippen LogP contribution in [0.5, 0.6) is 0 Å². The molecule has 4 nitrogen and oxygen atoms in total. The smallest absolute Gasteiger partial charge is 0.153 e. The molecule has 4 heteroatoms. The monoisotopic (exact) mass is 177 g/mol. The summed E-state index contributed by atoms with van der Waals surface area (Å²) in [6.45, 7) is 3.56. The van der Waals surface area contributed by atoms with Gasteiger partial charge >= 0.3 is 0 Å². The highest BCUT2D eigenvalue weighted by molar-refractivity contribution is 5.92. The summed E-state index contributed by atoms with van der Waals surface area (Å²) in [7, 11) is 0. The number of hydrogen-bond acceptors (Lipinski definition) is 3. The van der Waals surface area contributed by atoms with Gasteiger partial charge < -0.3 is 0 Å². The van der Waals surface area contributed by atoms with Crippen molar-refractivity contribution in [3.8, 4) is 0 Å². The zero-order valence-corrected chi connectivity index (χ0v) is 7.61. The number of hydrogen-bond donors (Lipinski definition) is 1. The normalized spacial score (nSPS) is 10.6. The minimum absolute atomic E-state index is 0.249. The molecule has 0 unspecified atom stereocenters. The van der Waals surface area contributed by atoms with Crippen LogP contribution in [-0.4, -0.2) is 21.9 Å². The zero-order valence-electron chi connectivity index (χ0n) is 7.61. The fourth-order valence-electron chi connectivity index (χ4n) is 0.947. The molecule has 0 saturated carbocycles. The second-order valence-electron chi connectivity index (χ2n) is 2.62. The lowest BCUT2D eigenvalue weighted by atomic mass is 10.3. The number of aldehydes is 1. The highest BCUT2D eigenvalue weighted by atomic mass is 16.1. The second-order valence-corrected chi connectivity index (χ2v) is 2.62. The molecule has 0 aliphatic heterocycles. The van der Waals surface area contributed by atoms with Gasteiger partial charge in [0.25, 0.3) is 0 Å². The standard InChI is InChI=1S/C9H11N3O/c1-3-4-9(10)12-5-8(6-13)7(2)11-12/h3-6,10H,1-2H3. The first kappa shape index (κ1) is 9.38. The van der Waals surface area contributed by atoms with E-state index in [1.807, 2.05) is 6.92 Å². The second kappa shape index (κ2) is 3.80. The lowest BCUT2D eigenvalue weighted by Gasteiger charge is -1.94. The lowest BCUT2D eigenvalue weighted by Crippen LogP contribution is -2.07. The van der Waals surface area contributed by atoms with Crippen molar-refractivity contribution in [2.75, 3.05) is 0 Å². The third-order valence-electron chi connectivity index (χ3n) is 1.64. The van der Waals surface area contributed by atoms with Crippen LogP contribution in [0.4, 0.5) is 0 Å². The summed E-state index contributed by atoms with van der Waals surface area (Å²) < 4.78 is 1.37. The van der Waals surface area contributed by atoms with Crippen molar-refractivity contribution >= 4 is 12.1 Å². The maximum absolute atomic E-state index is 10.5. The van der Waals surface area contributed by atoms with Gasteiger partial charge in [0, 0.05) is 6.20 Å². The third-order valence-corrected chi connectivity index (χ3v) is 1.64. The van der Waals surface area contributed by atoms with Crippen LogP contribution >= 0.6 is 0 Å². The highest BCUT2D eigenvalue weighted by Gasteiger charge is 2.04. The van der Waals surface area contributed by atoms with Gasteiger partial charge in [-0.05, 0) is 19.9 Å². The van der Waals surface area contributed by atoms with Gasteiger partial charge in [0.2, 0.25) is 0 Å². The molecule has 13 heavy (non-hydrogen) atoms. The number of aryl methyl sites for hydroxylation is 1. The Balaban J connectivity index is 3.03. The Morgan fingerprint density at radius 3 is 2.85 bits per heavy atom. The van der Waals surface area contributed by atoms with Crippen LogP contribution in [0, 0.1) is 12.3 Å². The summed E-state index contributed by atoms with van der Waals surface area (Å²) in [6, 6.07) is 0. The van der Waals surface area contributed by atoms with Crippen molar-refractivity contribution in [2.45, 2.75) is 13.8 Å². The molecular formula is C9H11N3O. The van der Waals surface area contributed by atoms with E-state index in [0.29, 0.717) is 11.3 Å². The van der Waals surface area contributed by atoms with E-state index in [2.05, 4.69) is 5.10 Å². The number of nitrogens with zero attached hydrogens (tertiary/aromatic N) is 2. The molecule has 0 fully saturated rings. The molecule has 1 heterocycles. The van der Waals surface area contributed by atoms with Crippen molar-refractivity contribution in [3.63, 3.8) is 0 Å². The Morgan fingerprint density at radius 1 is 1.69 bits per heavy atom. The summed E-state index contributed by atoms with van der Waals surface area (Å²) >= 11 is 0. The van der Waals surface area contributed by atoms with E-state index in [0.717, 1.165) is 6.29 Å². The Bertz CT molecular complexity index is 363. The fraction of sp³-hybridized carbons (Fsp3) is 0.222. The predicted octanol–water partition coefficient (Wildman–Crippen LogP) is 1.41. The average molecular weight is 177 g/mol. The molecule has 0 amide bonds. The van der Waals surface area contributed by atoms with E-state index in [1.54, 1.807) is 25.3 Å². The quantitative estimate of drug-likeness (QED) is 0.421. The van der Waals surface area contributed by atoms with Crippen molar-refractivity contribution < 1.29 is 4.79 Å². The number of nitrogens with one attached hydrogen (secondary N) is 1. The third kappa shape index (κ3) is 1.90. The Kier molecular flexibility index (Phi) is 2.74. The fourth-order valence-corrected chi connectivity index (χ4v) is 0.947. The largest absolute Gasteiger partial charge is 0.298 e. The topological polar surface area (TPSA) is 58.7 Å². The van der Waals surface area contributed by atoms with Crippen molar-refractivity contribution in [1.82, 2.24) is 9.78 Å². The maximum atomic E-state index is 10.5. The molecular weight excluding hydrogens is 166 g/mol. The summed E-state index contributed by atoms with van der Waals surface area (Å²) in [5, 5.41) is 11.5. The zero-order chi connectivity index (χ0) is 9.84. The SMILES string of the molecule is CC=CC(=N)n1cc(C=O)c(C)n1. The maximum Gasteiger partial charge on any atom is 0.153 e. The number of allylic oxidation sites excluding steroid dienone is 2. The van der Waals surface area contributed by atoms with E-state index in [-0.39, 0.29) is 5.84 Å². The predicted molar refractivity (Wildman–Crippen MR) is 50.3 cm³/mol. The summed E-state index contributed by atoms with van der Waals surface area (Å²) in [5.74, 6) is 0.249. The van der Waals surface area contributed by atoms with Gasteiger partial charge in [0.1, 0.15) is 5.84 Å². The van der Waals surface area contributed by atoms with Gasteiger partial charge in [-0.15, -0.1) is 0 Å². The van der Waals surface area contributed by atoms with Crippen LogP contribution in [0.1, 0.15) is 23.0 Å². The minimum atomic E-state index is 0.249. The Hall–Kier alpha value is -1.71. The molecule has 68 valence electrons. The number of carbonyl (C=O) groups excluding carboxylic acids is 1. The van der Waals surface area contributed by atoms with Gasteiger partial charge in [-0.25, -0.2) is 4.68 Å². The van der Waals surface area contributed by atoms with E-state index < -0.39 is 0 Å².